The van der Waals surface area contributed by atoms with Crippen molar-refractivity contribution in [2.75, 3.05) is 19.0 Å². The molecule has 0 heterocycles. The fourth-order valence-electron chi connectivity index (χ4n) is 0.960. The average molecular weight is 218 g/mol. The highest BCUT2D eigenvalue weighted by Crippen LogP contribution is 2.22. The molecule has 0 atom stereocenters. The van der Waals surface area contributed by atoms with Crippen LogP contribution in [-0.4, -0.2) is 19.3 Å². The molecule has 0 fully saturated rings. The lowest BCUT2D eigenvalue weighted by Gasteiger charge is -2.06. The zero-order valence-corrected chi connectivity index (χ0v) is 8.05. The number of nitrogen functional groups attached to an aromatic ring is 1. The van der Waals surface area contributed by atoms with Gasteiger partial charge in [-0.1, -0.05) is 17.7 Å². The minimum atomic E-state index is -0.726. The molecule has 0 aliphatic heterocycles. The van der Waals surface area contributed by atoms with Gasteiger partial charge in [0.05, 0.1) is 5.02 Å². The van der Waals surface area contributed by atoms with Crippen LogP contribution in [0.1, 0.15) is 10.4 Å². The van der Waals surface area contributed by atoms with Gasteiger partial charge in [-0.05, 0) is 12.1 Å². The van der Waals surface area contributed by atoms with Crippen LogP contribution >= 0.6 is 11.6 Å². The highest BCUT2D eigenvalue weighted by Gasteiger charge is 2.14. The van der Waals surface area contributed by atoms with Crippen LogP contribution in [-0.2, 0) is 4.74 Å². The number of hydrogen-bond donors (Lipinski definition) is 1. The van der Waals surface area contributed by atoms with Gasteiger partial charge in [-0.15, -0.1) is 0 Å². The molecule has 0 saturated carbocycles. The smallest absolute Gasteiger partial charge is 0.341 e. The van der Waals surface area contributed by atoms with Crippen molar-refractivity contribution >= 4 is 23.3 Å². The number of ether oxygens (including phenoxy) is 1. The molecule has 3 nitrogen and oxygen atoms in total. The Labute approximate surface area is 85.6 Å². The molecule has 5 heteroatoms. The summed E-state index contributed by atoms with van der Waals surface area (Å²) >= 11 is 5.73. The summed E-state index contributed by atoms with van der Waals surface area (Å²) in [5.41, 5.74) is 5.82. The molecule has 0 radical (unpaired) electrons. The van der Waals surface area contributed by atoms with E-state index >= 15 is 0 Å². The molecule has 14 heavy (non-hydrogen) atoms. The van der Waals surface area contributed by atoms with Gasteiger partial charge in [0.2, 0.25) is 0 Å². The summed E-state index contributed by atoms with van der Waals surface area (Å²) in [6, 6.07) is 4.66. The van der Waals surface area contributed by atoms with Gasteiger partial charge in [-0.2, -0.15) is 0 Å². The van der Waals surface area contributed by atoms with Crippen molar-refractivity contribution < 1.29 is 13.9 Å². The second kappa shape index (κ2) is 4.81. The molecule has 0 amide bonds. The van der Waals surface area contributed by atoms with E-state index in [2.05, 4.69) is 4.74 Å². The Morgan fingerprint density at radius 1 is 1.57 bits per heavy atom. The predicted molar refractivity (Wildman–Crippen MR) is 52.1 cm³/mol. The Morgan fingerprint density at radius 3 is 2.86 bits per heavy atom. The van der Waals surface area contributed by atoms with Gasteiger partial charge in [-0.3, -0.25) is 0 Å². The first kappa shape index (κ1) is 10.8. The molecule has 0 spiro atoms. The Kier molecular flexibility index (Phi) is 3.71. The fraction of sp³-hybridized carbons (Fsp3) is 0.222. The minimum Gasteiger partial charge on any atom is -0.459 e. The molecule has 1 aromatic carbocycles. The molecule has 0 bridgehead atoms. The maximum atomic E-state index is 11.7. The first-order valence-electron chi connectivity index (χ1n) is 3.94. The molecular weight excluding hydrogens is 209 g/mol. The third kappa shape index (κ3) is 2.35. The number of alkyl halides is 1. The number of anilines is 1. The van der Waals surface area contributed by atoms with Gasteiger partial charge in [-0.25, -0.2) is 9.18 Å². The number of nitrogens with two attached hydrogens (primary N) is 1. The van der Waals surface area contributed by atoms with E-state index < -0.39 is 12.6 Å². The Morgan fingerprint density at radius 2 is 2.29 bits per heavy atom. The van der Waals surface area contributed by atoms with Gasteiger partial charge in [0, 0.05) is 5.69 Å². The van der Waals surface area contributed by atoms with Crippen LogP contribution in [0.2, 0.25) is 5.02 Å². The zero-order chi connectivity index (χ0) is 10.6. The SMILES string of the molecule is Nc1cccc(Cl)c1C(=O)OCCF. The van der Waals surface area contributed by atoms with Gasteiger partial charge in [0.15, 0.2) is 0 Å². The first-order chi connectivity index (χ1) is 6.66. The molecular formula is C9H9ClFNO2. The van der Waals surface area contributed by atoms with Crippen molar-refractivity contribution in [2.45, 2.75) is 0 Å². The number of hydrogen-bond acceptors (Lipinski definition) is 3. The third-order valence-electron chi connectivity index (χ3n) is 1.56. The summed E-state index contributed by atoms with van der Waals surface area (Å²) < 4.78 is 16.3. The quantitative estimate of drug-likeness (QED) is 0.623. The number of benzene rings is 1. The molecule has 0 aliphatic rings. The maximum absolute atomic E-state index is 11.7. The fourth-order valence-corrected chi connectivity index (χ4v) is 1.22. The van der Waals surface area contributed by atoms with Gasteiger partial charge in [0.25, 0.3) is 0 Å². The molecule has 76 valence electrons. The highest BCUT2D eigenvalue weighted by molar-refractivity contribution is 6.34. The van der Waals surface area contributed by atoms with Crippen molar-refractivity contribution in [2.24, 2.45) is 0 Å². The number of halogens is 2. The van der Waals surface area contributed by atoms with E-state index in [0.29, 0.717) is 0 Å². The van der Waals surface area contributed by atoms with Crippen LogP contribution < -0.4 is 5.73 Å². The number of carbonyl (C=O) groups excluding carboxylic acids is 1. The molecule has 1 aromatic rings. The topological polar surface area (TPSA) is 52.3 Å². The van der Waals surface area contributed by atoms with Gasteiger partial charge >= 0.3 is 5.97 Å². The number of carbonyl (C=O) groups is 1. The van der Waals surface area contributed by atoms with Crippen LogP contribution in [0.5, 0.6) is 0 Å². The first-order valence-corrected chi connectivity index (χ1v) is 4.31. The van der Waals surface area contributed by atoms with E-state index in [1.165, 1.54) is 12.1 Å². The second-order valence-corrected chi connectivity index (χ2v) is 2.94. The molecule has 2 N–H and O–H groups in total. The van der Waals surface area contributed by atoms with E-state index in [0.717, 1.165) is 0 Å². The summed E-state index contributed by atoms with van der Waals surface area (Å²) in [6.45, 7) is -1.01. The Balaban J connectivity index is 2.89. The summed E-state index contributed by atoms with van der Waals surface area (Å²) in [5, 5.41) is 0.203. The van der Waals surface area contributed by atoms with Crippen molar-refractivity contribution in [3.63, 3.8) is 0 Å². The van der Waals surface area contributed by atoms with E-state index in [1.807, 2.05) is 0 Å². The Hall–Kier alpha value is -1.29. The monoisotopic (exact) mass is 217 g/mol. The van der Waals surface area contributed by atoms with E-state index in [-0.39, 0.29) is 22.9 Å². The molecule has 0 aromatic heterocycles. The lowest BCUT2D eigenvalue weighted by atomic mass is 10.2. The van der Waals surface area contributed by atoms with Crippen molar-refractivity contribution in [3.8, 4) is 0 Å². The van der Waals surface area contributed by atoms with Crippen molar-refractivity contribution in [3.05, 3.63) is 28.8 Å². The van der Waals surface area contributed by atoms with Crippen molar-refractivity contribution in [1.82, 2.24) is 0 Å². The number of rotatable bonds is 3. The zero-order valence-electron chi connectivity index (χ0n) is 7.30. The maximum Gasteiger partial charge on any atom is 0.341 e. The molecule has 0 unspecified atom stereocenters. The standard InChI is InChI=1S/C9H9ClFNO2/c10-6-2-1-3-7(12)8(6)9(13)14-5-4-11/h1-3H,4-5,12H2. The number of esters is 1. The van der Waals surface area contributed by atoms with E-state index in [9.17, 15) is 9.18 Å². The Bertz CT molecular complexity index is 323. The molecule has 0 saturated heterocycles. The lowest BCUT2D eigenvalue weighted by molar-refractivity contribution is 0.0482. The minimum absolute atomic E-state index is 0.0858. The summed E-state index contributed by atoms with van der Waals surface area (Å²) in [4.78, 5) is 11.3. The van der Waals surface area contributed by atoms with Crippen molar-refractivity contribution in [1.29, 1.82) is 0 Å². The average Bonchev–Trinajstić information content (AvgIpc) is 2.14. The second-order valence-electron chi connectivity index (χ2n) is 2.53. The molecule has 0 aliphatic carbocycles. The van der Waals surface area contributed by atoms with Crippen LogP contribution in [0.4, 0.5) is 10.1 Å². The highest BCUT2D eigenvalue weighted by atomic mass is 35.5. The summed E-state index contributed by atoms with van der Waals surface area (Å²) in [5.74, 6) is -0.703. The van der Waals surface area contributed by atoms with Crippen LogP contribution in [0, 0.1) is 0 Å². The predicted octanol–water partition coefficient (Wildman–Crippen LogP) is 2.05. The van der Waals surface area contributed by atoms with Gasteiger partial charge < -0.3 is 10.5 Å². The van der Waals surface area contributed by atoms with E-state index in [1.54, 1.807) is 6.07 Å². The molecule has 1 rings (SSSR count). The van der Waals surface area contributed by atoms with Gasteiger partial charge in [0.1, 0.15) is 18.8 Å². The van der Waals surface area contributed by atoms with Crippen LogP contribution in [0.15, 0.2) is 18.2 Å². The lowest BCUT2D eigenvalue weighted by Crippen LogP contribution is -2.10. The normalized spacial score (nSPS) is 9.86. The summed E-state index contributed by atoms with van der Waals surface area (Å²) in [6.07, 6.45) is 0. The third-order valence-corrected chi connectivity index (χ3v) is 1.88. The van der Waals surface area contributed by atoms with Crippen LogP contribution in [0.25, 0.3) is 0 Å². The summed E-state index contributed by atoms with van der Waals surface area (Å²) in [7, 11) is 0. The van der Waals surface area contributed by atoms with E-state index in [4.69, 9.17) is 17.3 Å². The largest absolute Gasteiger partial charge is 0.459 e. The van der Waals surface area contributed by atoms with Crippen LogP contribution in [0.3, 0.4) is 0 Å².